The van der Waals surface area contributed by atoms with E-state index in [1.165, 1.54) is 0 Å². The Hall–Kier alpha value is -3.16. The molecule has 0 atom stereocenters. The lowest BCUT2D eigenvalue weighted by molar-refractivity contribution is -0.117. The monoisotopic (exact) mass is 449 g/mol. The predicted molar refractivity (Wildman–Crippen MR) is 130 cm³/mol. The van der Waals surface area contributed by atoms with Crippen LogP contribution in [0.1, 0.15) is 23.6 Å². The average molecular weight is 450 g/mol. The molecular weight excluding hydrogens is 418 g/mol. The lowest BCUT2D eigenvalue weighted by Gasteiger charge is -2.34. The Labute approximate surface area is 193 Å². The summed E-state index contributed by atoms with van der Waals surface area (Å²) in [6, 6.07) is 13.1. The number of benzene rings is 2. The first kappa shape index (κ1) is 23.0. The van der Waals surface area contributed by atoms with Gasteiger partial charge in [-0.25, -0.2) is 4.79 Å². The summed E-state index contributed by atoms with van der Waals surface area (Å²) >= 11 is 0. The van der Waals surface area contributed by atoms with Crippen molar-refractivity contribution in [3.8, 4) is 5.75 Å². The van der Waals surface area contributed by atoms with E-state index in [0.29, 0.717) is 25.3 Å². The number of aryl methyl sites for hydroxylation is 1. The van der Waals surface area contributed by atoms with Crippen molar-refractivity contribution in [2.24, 2.45) is 0 Å². The second kappa shape index (κ2) is 10.2. The Morgan fingerprint density at radius 3 is 2.58 bits per heavy atom. The van der Waals surface area contributed by atoms with Gasteiger partial charge in [0.25, 0.3) is 0 Å². The molecular formula is C26H31N3O4. The fraction of sp³-hybridized carbons (Fsp3) is 0.385. The van der Waals surface area contributed by atoms with E-state index in [9.17, 15) is 9.59 Å². The van der Waals surface area contributed by atoms with Gasteiger partial charge in [-0.3, -0.25) is 14.6 Å². The van der Waals surface area contributed by atoms with Gasteiger partial charge in [-0.1, -0.05) is 12.1 Å². The van der Waals surface area contributed by atoms with Gasteiger partial charge in [0, 0.05) is 49.9 Å². The van der Waals surface area contributed by atoms with E-state index in [1.807, 2.05) is 51.1 Å². The van der Waals surface area contributed by atoms with E-state index >= 15 is 0 Å². The molecule has 0 bridgehead atoms. The number of nitrogens with one attached hydrogen (secondary N) is 1. The second-order valence-corrected chi connectivity index (χ2v) is 8.53. The standard InChI is InChI=1S/C26H31N3O4/c1-4-32-21-8-9-24-22(15-21)20(14-26(31)33-24)16-28-10-12-29(13-11-28)17-25(30)27-23-7-5-6-18(2)19(23)3/h5-9,14-15H,4,10-13,16-17H2,1-3H3,(H,27,30). The molecule has 1 aromatic heterocycles. The molecule has 1 aliphatic heterocycles. The van der Waals surface area contributed by atoms with Crippen molar-refractivity contribution in [2.75, 3.05) is 44.6 Å². The minimum Gasteiger partial charge on any atom is -0.494 e. The number of ether oxygens (including phenoxy) is 1. The van der Waals surface area contributed by atoms with Crippen LogP contribution in [-0.2, 0) is 11.3 Å². The number of amides is 1. The molecule has 174 valence electrons. The summed E-state index contributed by atoms with van der Waals surface area (Å²) in [6.07, 6.45) is 0. The van der Waals surface area contributed by atoms with Crippen LogP contribution >= 0.6 is 0 Å². The van der Waals surface area contributed by atoms with Gasteiger partial charge < -0.3 is 14.5 Å². The molecule has 1 saturated heterocycles. The fourth-order valence-corrected chi connectivity index (χ4v) is 4.22. The maximum atomic E-state index is 12.6. The molecule has 3 aromatic rings. The summed E-state index contributed by atoms with van der Waals surface area (Å²) in [5.74, 6) is 0.770. The summed E-state index contributed by atoms with van der Waals surface area (Å²) in [6.45, 7) is 10.9. The van der Waals surface area contributed by atoms with Crippen LogP contribution < -0.4 is 15.7 Å². The minimum absolute atomic E-state index is 0.00673. The van der Waals surface area contributed by atoms with Gasteiger partial charge >= 0.3 is 5.63 Å². The summed E-state index contributed by atoms with van der Waals surface area (Å²) in [5, 5.41) is 3.94. The fourth-order valence-electron chi connectivity index (χ4n) is 4.22. The molecule has 1 aliphatic rings. The third-order valence-corrected chi connectivity index (χ3v) is 6.22. The zero-order chi connectivity index (χ0) is 23.4. The Bertz CT molecular complexity index is 1200. The number of anilines is 1. The third kappa shape index (κ3) is 5.61. The van der Waals surface area contributed by atoms with Gasteiger partial charge in [0.1, 0.15) is 11.3 Å². The Balaban J connectivity index is 1.36. The third-order valence-electron chi connectivity index (χ3n) is 6.22. The van der Waals surface area contributed by atoms with Crippen LogP contribution in [0.5, 0.6) is 5.75 Å². The Morgan fingerprint density at radius 2 is 1.82 bits per heavy atom. The highest BCUT2D eigenvalue weighted by Gasteiger charge is 2.20. The molecule has 7 heteroatoms. The first-order chi connectivity index (χ1) is 15.9. The SMILES string of the molecule is CCOc1ccc2oc(=O)cc(CN3CCN(CC(=O)Nc4cccc(C)c4C)CC3)c2c1. The molecule has 0 aliphatic carbocycles. The highest BCUT2D eigenvalue weighted by Crippen LogP contribution is 2.24. The molecule has 0 saturated carbocycles. The first-order valence-electron chi connectivity index (χ1n) is 11.4. The summed E-state index contributed by atoms with van der Waals surface area (Å²) in [7, 11) is 0. The molecule has 1 amide bonds. The number of fused-ring (bicyclic) bond motifs is 1. The smallest absolute Gasteiger partial charge is 0.336 e. The van der Waals surface area contributed by atoms with Crippen LogP contribution in [0.25, 0.3) is 11.0 Å². The Kier molecular flexibility index (Phi) is 7.11. The lowest BCUT2D eigenvalue weighted by Crippen LogP contribution is -2.48. The second-order valence-electron chi connectivity index (χ2n) is 8.53. The van der Waals surface area contributed by atoms with Crippen molar-refractivity contribution in [3.63, 3.8) is 0 Å². The summed E-state index contributed by atoms with van der Waals surface area (Å²) in [4.78, 5) is 29.1. The zero-order valence-corrected chi connectivity index (χ0v) is 19.5. The van der Waals surface area contributed by atoms with Crippen LogP contribution in [0.3, 0.4) is 0 Å². The minimum atomic E-state index is -0.344. The quantitative estimate of drug-likeness (QED) is 0.556. The number of rotatable bonds is 7. The van der Waals surface area contributed by atoms with Gasteiger partial charge in [0.2, 0.25) is 5.91 Å². The van der Waals surface area contributed by atoms with Gasteiger partial charge in [0.05, 0.1) is 13.2 Å². The first-order valence-corrected chi connectivity index (χ1v) is 11.4. The highest BCUT2D eigenvalue weighted by atomic mass is 16.5. The zero-order valence-electron chi connectivity index (χ0n) is 19.5. The van der Waals surface area contributed by atoms with Crippen molar-refractivity contribution < 1.29 is 13.9 Å². The molecule has 1 fully saturated rings. The van der Waals surface area contributed by atoms with E-state index in [1.54, 1.807) is 12.1 Å². The summed E-state index contributed by atoms with van der Waals surface area (Å²) in [5.41, 5.74) is 4.30. The molecule has 2 aromatic carbocycles. The molecule has 0 spiro atoms. The highest BCUT2D eigenvalue weighted by molar-refractivity contribution is 5.93. The maximum absolute atomic E-state index is 12.6. The molecule has 0 radical (unpaired) electrons. The molecule has 4 rings (SSSR count). The van der Waals surface area contributed by atoms with Crippen LogP contribution in [0.15, 0.2) is 51.7 Å². The van der Waals surface area contributed by atoms with E-state index in [-0.39, 0.29) is 11.5 Å². The van der Waals surface area contributed by atoms with Gasteiger partial charge in [-0.05, 0) is 61.7 Å². The Morgan fingerprint density at radius 1 is 1.06 bits per heavy atom. The van der Waals surface area contributed by atoms with Gasteiger partial charge in [-0.2, -0.15) is 0 Å². The van der Waals surface area contributed by atoms with E-state index in [2.05, 4.69) is 15.1 Å². The number of hydrogen-bond donors (Lipinski definition) is 1. The maximum Gasteiger partial charge on any atom is 0.336 e. The normalized spacial score (nSPS) is 15.0. The van der Waals surface area contributed by atoms with E-state index in [4.69, 9.17) is 9.15 Å². The van der Waals surface area contributed by atoms with Gasteiger partial charge in [0.15, 0.2) is 0 Å². The number of piperazine rings is 1. The van der Waals surface area contributed by atoms with Crippen molar-refractivity contribution in [3.05, 3.63) is 69.6 Å². The van der Waals surface area contributed by atoms with Crippen LogP contribution in [0.2, 0.25) is 0 Å². The van der Waals surface area contributed by atoms with Crippen molar-refractivity contribution >= 4 is 22.6 Å². The number of carbonyl (C=O) groups excluding carboxylic acids is 1. The van der Waals surface area contributed by atoms with E-state index < -0.39 is 0 Å². The average Bonchev–Trinajstić information content (AvgIpc) is 2.79. The molecule has 7 nitrogen and oxygen atoms in total. The lowest BCUT2D eigenvalue weighted by atomic mass is 10.1. The van der Waals surface area contributed by atoms with Crippen molar-refractivity contribution in [2.45, 2.75) is 27.3 Å². The van der Waals surface area contributed by atoms with Crippen LogP contribution in [0, 0.1) is 13.8 Å². The van der Waals surface area contributed by atoms with Crippen molar-refractivity contribution in [1.82, 2.24) is 9.80 Å². The molecule has 0 unspecified atom stereocenters. The number of nitrogens with zero attached hydrogens (tertiary/aromatic N) is 2. The molecule has 1 N–H and O–H groups in total. The van der Waals surface area contributed by atoms with Crippen LogP contribution in [-0.4, -0.2) is 55.0 Å². The number of carbonyl (C=O) groups is 1. The molecule has 2 heterocycles. The molecule has 33 heavy (non-hydrogen) atoms. The topological polar surface area (TPSA) is 75.0 Å². The van der Waals surface area contributed by atoms with Crippen LogP contribution in [0.4, 0.5) is 5.69 Å². The predicted octanol–water partition coefficient (Wildman–Crippen LogP) is 3.56. The van der Waals surface area contributed by atoms with E-state index in [0.717, 1.165) is 59.7 Å². The summed E-state index contributed by atoms with van der Waals surface area (Å²) < 4.78 is 11.0. The number of hydrogen-bond acceptors (Lipinski definition) is 6. The van der Waals surface area contributed by atoms with Gasteiger partial charge in [-0.15, -0.1) is 0 Å². The largest absolute Gasteiger partial charge is 0.494 e. The van der Waals surface area contributed by atoms with Crippen molar-refractivity contribution in [1.29, 1.82) is 0 Å².